The van der Waals surface area contributed by atoms with Crippen molar-refractivity contribution in [3.8, 4) is 0 Å². The van der Waals surface area contributed by atoms with E-state index in [0.29, 0.717) is 32.7 Å². The monoisotopic (exact) mass is 429 g/mol. The standard InChI is InChI=1S/C18H27N3O5S2/c1-27(23,24)16-14-20-10-12-21(13-11-20)18(22)7-9-19-28(25,26)15-8-17-5-3-2-4-6-17/h2-6,8,15,19H,7,9-14,16H2,1H3/b15-8+. The molecule has 0 spiro atoms. The maximum Gasteiger partial charge on any atom is 0.233 e. The first-order chi connectivity index (χ1) is 13.1. The van der Waals surface area contributed by atoms with E-state index in [9.17, 15) is 21.6 Å². The molecule has 28 heavy (non-hydrogen) atoms. The molecule has 1 N–H and O–H groups in total. The molecular weight excluding hydrogens is 402 g/mol. The van der Waals surface area contributed by atoms with Gasteiger partial charge in [-0.3, -0.25) is 9.69 Å². The number of nitrogens with one attached hydrogen (secondary N) is 1. The number of carbonyl (C=O) groups excluding carboxylic acids is 1. The molecule has 1 aliphatic heterocycles. The Morgan fingerprint density at radius 2 is 1.71 bits per heavy atom. The van der Waals surface area contributed by atoms with Gasteiger partial charge in [0.25, 0.3) is 0 Å². The molecule has 1 saturated heterocycles. The quantitative estimate of drug-likeness (QED) is 0.600. The summed E-state index contributed by atoms with van der Waals surface area (Å²) in [6, 6.07) is 9.08. The van der Waals surface area contributed by atoms with E-state index in [4.69, 9.17) is 0 Å². The van der Waals surface area contributed by atoms with Crippen molar-refractivity contribution in [1.82, 2.24) is 14.5 Å². The number of sulfonamides is 1. The van der Waals surface area contributed by atoms with Gasteiger partial charge in [0.1, 0.15) is 9.84 Å². The molecule has 10 heteroatoms. The number of hydrogen-bond donors (Lipinski definition) is 1. The van der Waals surface area contributed by atoms with Gasteiger partial charge in [-0.1, -0.05) is 30.3 Å². The fourth-order valence-corrected chi connectivity index (χ4v) is 4.16. The lowest BCUT2D eigenvalue weighted by Gasteiger charge is -2.34. The third-order valence-corrected chi connectivity index (χ3v) is 6.41. The van der Waals surface area contributed by atoms with Gasteiger partial charge in [-0.2, -0.15) is 0 Å². The topological polar surface area (TPSA) is 104 Å². The Kier molecular flexibility index (Phi) is 8.17. The third kappa shape index (κ3) is 8.51. The molecule has 1 aromatic rings. The minimum atomic E-state index is -3.60. The van der Waals surface area contributed by atoms with E-state index in [-0.39, 0.29) is 24.6 Å². The highest BCUT2D eigenvalue weighted by atomic mass is 32.2. The van der Waals surface area contributed by atoms with Gasteiger partial charge in [0.05, 0.1) is 5.75 Å². The molecule has 156 valence electrons. The predicted octanol–water partition coefficient (Wildman–Crippen LogP) is 0.156. The summed E-state index contributed by atoms with van der Waals surface area (Å²) in [7, 11) is -6.60. The summed E-state index contributed by atoms with van der Waals surface area (Å²) in [6.07, 6.45) is 2.80. The Hall–Kier alpha value is -1.75. The van der Waals surface area contributed by atoms with Crippen LogP contribution in [0.2, 0.25) is 0 Å². The van der Waals surface area contributed by atoms with Crippen LogP contribution < -0.4 is 4.72 Å². The molecule has 1 aliphatic rings. The van der Waals surface area contributed by atoms with Crippen LogP contribution in [0.15, 0.2) is 35.7 Å². The highest BCUT2D eigenvalue weighted by Crippen LogP contribution is 2.05. The van der Waals surface area contributed by atoms with Crippen LogP contribution in [0.4, 0.5) is 0 Å². The molecular formula is C18H27N3O5S2. The zero-order chi connectivity index (χ0) is 20.6. The summed E-state index contributed by atoms with van der Waals surface area (Å²) >= 11 is 0. The van der Waals surface area contributed by atoms with Crippen molar-refractivity contribution in [3.05, 3.63) is 41.3 Å². The zero-order valence-corrected chi connectivity index (χ0v) is 17.6. The highest BCUT2D eigenvalue weighted by Gasteiger charge is 2.21. The predicted molar refractivity (Wildman–Crippen MR) is 110 cm³/mol. The number of benzene rings is 1. The van der Waals surface area contributed by atoms with E-state index in [0.717, 1.165) is 11.0 Å². The fourth-order valence-electron chi connectivity index (χ4n) is 2.75. The Morgan fingerprint density at radius 1 is 1.07 bits per heavy atom. The van der Waals surface area contributed by atoms with Crippen LogP contribution in [0.1, 0.15) is 12.0 Å². The molecule has 0 atom stereocenters. The summed E-state index contributed by atoms with van der Waals surface area (Å²) < 4.78 is 48.8. The summed E-state index contributed by atoms with van der Waals surface area (Å²) in [6.45, 7) is 2.77. The van der Waals surface area contributed by atoms with Crippen molar-refractivity contribution in [3.63, 3.8) is 0 Å². The SMILES string of the molecule is CS(=O)(=O)CCN1CCN(C(=O)CCNS(=O)(=O)/C=C/c2ccccc2)CC1. The smallest absolute Gasteiger partial charge is 0.233 e. The van der Waals surface area contributed by atoms with Gasteiger partial charge in [-0.05, 0) is 11.6 Å². The first kappa shape index (κ1) is 22.5. The molecule has 8 nitrogen and oxygen atoms in total. The number of carbonyl (C=O) groups is 1. The zero-order valence-electron chi connectivity index (χ0n) is 16.0. The van der Waals surface area contributed by atoms with Crippen LogP contribution >= 0.6 is 0 Å². The lowest BCUT2D eigenvalue weighted by Crippen LogP contribution is -2.50. The first-order valence-corrected chi connectivity index (χ1v) is 12.7. The fraction of sp³-hybridized carbons (Fsp3) is 0.500. The first-order valence-electron chi connectivity index (χ1n) is 9.05. The van der Waals surface area contributed by atoms with E-state index in [1.165, 1.54) is 12.3 Å². The second-order valence-corrected chi connectivity index (χ2v) is 10.7. The largest absolute Gasteiger partial charge is 0.340 e. The van der Waals surface area contributed by atoms with E-state index in [1.807, 2.05) is 23.1 Å². The van der Waals surface area contributed by atoms with Crippen molar-refractivity contribution in [2.24, 2.45) is 0 Å². The minimum absolute atomic E-state index is 0.0363. The van der Waals surface area contributed by atoms with Gasteiger partial charge in [0.2, 0.25) is 15.9 Å². The van der Waals surface area contributed by atoms with Crippen LogP contribution in [0.5, 0.6) is 0 Å². The summed E-state index contributed by atoms with van der Waals surface area (Å²) in [4.78, 5) is 15.9. The summed E-state index contributed by atoms with van der Waals surface area (Å²) in [5.41, 5.74) is 0.776. The lowest BCUT2D eigenvalue weighted by atomic mass is 10.2. The van der Waals surface area contributed by atoms with Crippen molar-refractivity contribution in [2.45, 2.75) is 6.42 Å². The van der Waals surface area contributed by atoms with E-state index in [1.54, 1.807) is 17.0 Å². The number of hydrogen-bond acceptors (Lipinski definition) is 6. The summed E-state index contributed by atoms with van der Waals surface area (Å²) in [5, 5.41) is 1.09. The van der Waals surface area contributed by atoms with Crippen LogP contribution in [0, 0.1) is 0 Å². The maximum absolute atomic E-state index is 12.2. The maximum atomic E-state index is 12.2. The van der Waals surface area contributed by atoms with Crippen LogP contribution in [-0.4, -0.2) is 83.8 Å². The third-order valence-electron chi connectivity index (χ3n) is 4.38. The Labute approximate surface area is 167 Å². The summed E-state index contributed by atoms with van der Waals surface area (Å²) in [5.74, 6) is -0.00308. The highest BCUT2D eigenvalue weighted by molar-refractivity contribution is 7.92. The van der Waals surface area contributed by atoms with Crippen LogP contribution in [0.25, 0.3) is 6.08 Å². The number of rotatable bonds is 9. The lowest BCUT2D eigenvalue weighted by molar-refractivity contribution is -0.132. The number of sulfone groups is 1. The molecule has 1 fully saturated rings. The minimum Gasteiger partial charge on any atom is -0.340 e. The molecule has 2 rings (SSSR count). The van der Waals surface area contributed by atoms with Gasteiger partial charge < -0.3 is 4.90 Å². The van der Waals surface area contributed by atoms with Crippen molar-refractivity contribution in [2.75, 3.05) is 51.3 Å². The normalized spacial score (nSPS) is 16.5. The number of amides is 1. The molecule has 1 aromatic carbocycles. The van der Waals surface area contributed by atoms with E-state index < -0.39 is 19.9 Å². The van der Waals surface area contributed by atoms with Gasteiger partial charge in [0.15, 0.2) is 0 Å². The molecule has 1 heterocycles. The van der Waals surface area contributed by atoms with Crippen molar-refractivity contribution < 1.29 is 21.6 Å². The Balaban J connectivity index is 1.70. The average molecular weight is 430 g/mol. The molecule has 0 saturated carbocycles. The van der Waals surface area contributed by atoms with Gasteiger partial charge in [-0.15, -0.1) is 0 Å². The molecule has 1 amide bonds. The molecule has 0 bridgehead atoms. The molecule has 0 radical (unpaired) electrons. The molecule has 0 aromatic heterocycles. The second-order valence-electron chi connectivity index (χ2n) is 6.76. The van der Waals surface area contributed by atoms with E-state index >= 15 is 0 Å². The van der Waals surface area contributed by atoms with Gasteiger partial charge in [0, 0.05) is 57.4 Å². The van der Waals surface area contributed by atoms with Crippen LogP contribution in [-0.2, 0) is 24.7 Å². The van der Waals surface area contributed by atoms with Crippen molar-refractivity contribution >= 4 is 31.8 Å². The Morgan fingerprint density at radius 3 is 2.32 bits per heavy atom. The van der Waals surface area contributed by atoms with Gasteiger partial charge in [-0.25, -0.2) is 21.6 Å². The second kappa shape index (κ2) is 10.1. The van der Waals surface area contributed by atoms with Crippen LogP contribution in [0.3, 0.4) is 0 Å². The Bertz CT molecular complexity index is 875. The number of nitrogens with zero attached hydrogens (tertiary/aromatic N) is 2. The van der Waals surface area contributed by atoms with E-state index in [2.05, 4.69) is 4.72 Å². The molecule has 0 unspecified atom stereocenters. The molecule has 0 aliphatic carbocycles. The number of piperazine rings is 1. The average Bonchev–Trinajstić information content (AvgIpc) is 2.65. The van der Waals surface area contributed by atoms with Crippen molar-refractivity contribution in [1.29, 1.82) is 0 Å². The van der Waals surface area contributed by atoms with Gasteiger partial charge >= 0.3 is 0 Å².